The van der Waals surface area contributed by atoms with Crippen molar-refractivity contribution < 1.29 is 9.18 Å². The molecule has 1 fully saturated rings. The smallest absolute Gasteiger partial charge is 0.225 e. The molecule has 1 aliphatic heterocycles. The Bertz CT molecular complexity index is 943. The van der Waals surface area contributed by atoms with Gasteiger partial charge in [0.05, 0.1) is 16.7 Å². The summed E-state index contributed by atoms with van der Waals surface area (Å²) in [7, 11) is 0. The van der Waals surface area contributed by atoms with E-state index in [1.54, 1.807) is 6.07 Å². The minimum absolute atomic E-state index is 0.0226. The van der Waals surface area contributed by atoms with Gasteiger partial charge in [0.2, 0.25) is 5.91 Å². The van der Waals surface area contributed by atoms with Gasteiger partial charge in [-0.2, -0.15) is 0 Å². The van der Waals surface area contributed by atoms with Gasteiger partial charge in [-0.05, 0) is 37.5 Å². The number of aromatic nitrogens is 1. The van der Waals surface area contributed by atoms with Crippen molar-refractivity contribution in [1.82, 2.24) is 10.3 Å². The first-order chi connectivity index (χ1) is 13.1. The molecule has 0 bridgehead atoms. The van der Waals surface area contributed by atoms with Crippen molar-refractivity contribution in [1.29, 1.82) is 0 Å². The SMILES string of the molecule is CC(NC(=O)C1CCCN(c2nc3c(F)cccc3s2)C1)c1ccccc1. The lowest BCUT2D eigenvalue weighted by Gasteiger charge is -2.32. The summed E-state index contributed by atoms with van der Waals surface area (Å²) in [4.78, 5) is 19.4. The number of carbonyl (C=O) groups excluding carboxylic acids is 1. The highest BCUT2D eigenvalue weighted by molar-refractivity contribution is 7.22. The van der Waals surface area contributed by atoms with Crippen molar-refractivity contribution in [2.75, 3.05) is 18.0 Å². The predicted octanol–water partition coefficient (Wildman–Crippen LogP) is 4.53. The van der Waals surface area contributed by atoms with Crippen LogP contribution in [0, 0.1) is 11.7 Å². The first kappa shape index (κ1) is 17.9. The van der Waals surface area contributed by atoms with Crippen LogP contribution >= 0.6 is 11.3 Å². The Hall–Kier alpha value is -2.47. The number of hydrogen-bond acceptors (Lipinski definition) is 4. The minimum atomic E-state index is -0.294. The van der Waals surface area contributed by atoms with Crippen molar-refractivity contribution in [2.24, 2.45) is 5.92 Å². The summed E-state index contributed by atoms with van der Waals surface area (Å²) < 4.78 is 14.8. The fourth-order valence-corrected chi connectivity index (χ4v) is 4.57. The maximum atomic E-state index is 13.9. The van der Waals surface area contributed by atoms with Crippen LogP contribution in [0.2, 0.25) is 0 Å². The third-order valence-corrected chi connectivity index (χ3v) is 6.16. The Labute approximate surface area is 162 Å². The molecule has 1 amide bonds. The fraction of sp³-hybridized carbons (Fsp3) is 0.333. The zero-order valence-corrected chi connectivity index (χ0v) is 16.0. The van der Waals surface area contributed by atoms with E-state index in [9.17, 15) is 9.18 Å². The highest BCUT2D eigenvalue weighted by Crippen LogP contribution is 2.32. The number of para-hydroxylation sites is 1. The summed E-state index contributed by atoms with van der Waals surface area (Å²) in [6.07, 6.45) is 1.79. The number of fused-ring (bicyclic) bond motifs is 1. The van der Waals surface area contributed by atoms with Gasteiger partial charge in [-0.1, -0.05) is 47.7 Å². The molecule has 1 aromatic heterocycles. The second-order valence-electron chi connectivity index (χ2n) is 7.01. The number of nitrogens with zero attached hydrogens (tertiary/aromatic N) is 2. The summed E-state index contributed by atoms with van der Waals surface area (Å²) in [6, 6.07) is 15.0. The van der Waals surface area contributed by atoms with Crippen LogP contribution in [0.4, 0.5) is 9.52 Å². The number of hydrogen-bond donors (Lipinski definition) is 1. The van der Waals surface area contributed by atoms with Gasteiger partial charge in [0.1, 0.15) is 11.3 Å². The van der Waals surface area contributed by atoms with E-state index in [2.05, 4.69) is 15.2 Å². The maximum absolute atomic E-state index is 13.9. The third kappa shape index (κ3) is 3.81. The first-order valence-corrected chi connectivity index (χ1v) is 10.1. The van der Waals surface area contributed by atoms with E-state index < -0.39 is 0 Å². The summed E-state index contributed by atoms with van der Waals surface area (Å²) in [5, 5.41) is 3.93. The quantitative estimate of drug-likeness (QED) is 0.720. The van der Waals surface area contributed by atoms with Crippen LogP contribution in [-0.4, -0.2) is 24.0 Å². The molecule has 0 radical (unpaired) electrons. The number of rotatable bonds is 4. The average Bonchev–Trinajstić information content (AvgIpc) is 3.14. The number of nitrogens with one attached hydrogen (secondary N) is 1. The molecule has 27 heavy (non-hydrogen) atoms. The number of benzene rings is 2. The molecular formula is C21H22FN3OS. The van der Waals surface area contributed by atoms with E-state index in [1.807, 2.05) is 43.3 Å². The van der Waals surface area contributed by atoms with E-state index in [4.69, 9.17) is 0 Å². The van der Waals surface area contributed by atoms with Gasteiger partial charge in [-0.25, -0.2) is 9.37 Å². The Morgan fingerprint density at radius 3 is 2.85 bits per heavy atom. The lowest BCUT2D eigenvalue weighted by atomic mass is 9.96. The van der Waals surface area contributed by atoms with Gasteiger partial charge in [0.25, 0.3) is 0 Å². The molecule has 4 nitrogen and oxygen atoms in total. The Kier molecular flexibility index (Phi) is 5.07. The Balaban J connectivity index is 1.45. The average molecular weight is 383 g/mol. The summed E-state index contributed by atoms with van der Waals surface area (Å²) in [5.74, 6) is -0.303. The van der Waals surface area contributed by atoms with E-state index in [0.29, 0.717) is 12.1 Å². The molecule has 1 saturated heterocycles. The zero-order chi connectivity index (χ0) is 18.8. The predicted molar refractivity (Wildman–Crippen MR) is 108 cm³/mol. The van der Waals surface area contributed by atoms with Crippen LogP contribution < -0.4 is 10.2 Å². The molecule has 2 unspecified atom stereocenters. The number of carbonyl (C=O) groups is 1. The molecular weight excluding hydrogens is 361 g/mol. The van der Waals surface area contributed by atoms with Crippen LogP contribution in [0.15, 0.2) is 48.5 Å². The standard InChI is InChI=1S/C21H22FN3OS/c1-14(15-7-3-2-4-8-15)23-20(26)16-9-6-12-25(13-16)21-24-19-17(22)10-5-11-18(19)27-21/h2-5,7-8,10-11,14,16H,6,9,12-13H2,1H3,(H,23,26). The number of thiazole rings is 1. The van der Waals surface area contributed by atoms with Crippen molar-refractivity contribution in [3.63, 3.8) is 0 Å². The molecule has 1 N–H and O–H groups in total. The third-order valence-electron chi connectivity index (χ3n) is 5.08. The van der Waals surface area contributed by atoms with Gasteiger partial charge >= 0.3 is 0 Å². The van der Waals surface area contributed by atoms with Gasteiger partial charge in [0.15, 0.2) is 5.13 Å². The van der Waals surface area contributed by atoms with E-state index in [1.165, 1.54) is 17.4 Å². The van der Waals surface area contributed by atoms with Crippen LogP contribution in [0.25, 0.3) is 10.2 Å². The van der Waals surface area contributed by atoms with Crippen molar-refractivity contribution in [3.8, 4) is 0 Å². The number of amides is 1. The van der Waals surface area contributed by atoms with E-state index in [0.717, 1.165) is 34.8 Å². The normalized spacial score (nSPS) is 18.4. The summed E-state index contributed by atoms with van der Waals surface area (Å²) in [6.45, 7) is 3.47. The molecule has 6 heteroatoms. The molecule has 4 rings (SSSR count). The highest BCUT2D eigenvalue weighted by atomic mass is 32.1. The van der Waals surface area contributed by atoms with Gasteiger partial charge < -0.3 is 10.2 Å². The largest absolute Gasteiger partial charge is 0.349 e. The Morgan fingerprint density at radius 1 is 1.26 bits per heavy atom. The lowest BCUT2D eigenvalue weighted by Crippen LogP contribution is -2.43. The summed E-state index contributed by atoms with van der Waals surface area (Å²) in [5.41, 5.74) is 1.52. The molecule has 3 aromatic rings. The zero-order valence-electron chi connectivity index (χ0n) is 15.2. The van der Waals surface area contributed by atoms with Crippen molar-refractivity contribution in [2.45, 2.75) is 25.8 Å². The molecule has 0 spiro atoms. The molecule has 0 aliphatic carbocycles. The molecule has 2 aromatic carbocycles. The topological polar surface area (TPSA) is 45.2 Å². The number of halogens is 1. The van der Waals surface area contributed by atoms with Crippen LogP contribution in [0.1, 0.15) is 31.4 Å². The van der Waals surface area contributed by atoms with Gasteiger partial charge in [-0.15, -0.1) is 0 Å². The Morgan fingerprint density at radius 2 is 2.07 bits per heavy atom. The van der Waals surface area contributed by atoms with Gasteiger partial charge in [-0.3, -0.25) is 4.79 Å². The van der Waals surface area contributed by atoms with Crippen LogP contribution in [0.3, 0.4) is 0 Å². The second kappa shape index (κ2) is 7.64. The van der Waals surface area contributed by atoms with E-state index >= 15 is 0 Å². The van der Waals surface area contributed by atoms with Crippen LogP contribution in [-0.2, 0) is 4.79 Å². The van der Waals surface area contributed by atoms with Crippen molar-refractivity contribution >= 4 is 32.6 Å². The van der Waals surface area contributed by atoms with E-state index in [-0.39, 0.29) is 23.7 Å². The number of piperidine rings is 1. The maximum Gasteiger partial charge on any atom is 0.225 e. The van der Waals surface area contributed by atoms with Crippen molar-refractivity contribution in [3.05, 3.63) is 59.9 Å². The molecule has 140 valence electrons. The fourth-order valence-electron chi connectivity index (χ4n) is 3.56. The van der Waals surface area contributed by atoms with Gasteiger partial charge in [0, 0.05) is 13.1 Å². The molecule has 1 aliphatic rings. The minimum Gasteiger partial charge on any atom is -0.349 e. The first-order valence-electron chi connectivity index (χ1n) is 9.27. The van der Waals surface area contributed by atoms with Crippen LogP contribution in [0.5, 0.6) is 0 Å². The molecule has 0 saturated carbocycles. The number of anilines is 1. The lowest BCUT2D eigenvalue weighted by molar-refractivity contribution is -0.125. The molecule has 2 heterocycles. The summed E-state index contributed by atoms with van der Waals surface area (Å²) >= 11 is 1.49. The molecule has 2 atom stereocenters. The highest BCUT2D eigenvalue weighted by Gasteiger charge is 2.28. The monoisotopic (exact) mass is 383 g/mol. The second-order valence-corrected chi connectivity index (χ2v) is 8.02.